The molecule has 28 heavy (non-hydrogen) atoms. The van der Waals surface area contributed by atoms with Crippen LogP contribution < -0.4 is 0 Å². The summed E-state index contributed by atoms with van der Waals surface area (Å²) in [5.74, 6) is -1.40. The molecule has 2 nitrogen and oxygen atoms in total. The molecule has 0 fully saturated rings. The van der Waals surface area contributed by atoms with Crippen LogP contribution in [0.1, 0.15) is 58.0 Å². The number of ketones is 1. The van der Waals surface area contributed by atoms with Crippen LogP contribution >= 0.6 is 8.46 Å². The molecule has 0 radical (unpaired) electrons. The lowest BCUT2D eigenvalue weighted by Gasteiger charge is -2.20. The highest BCUT2D eigenvalue weighted by Gasteiger charge is 2.43. The smallest absolute Gasteiger partial charge is 0.289 e. The Kier molecular flexibility index (Phi) is 6.65. The normalized spacial score (nSPS) is 13.5. The summed E-state index contributed by atoms with van der Waals surface area (Å²) in [6.45, 7) is 1.78. The third-order valence-electron chi connectivity index (χ3n) is 4.16. The van der Waals surface area contributed by atoms with E-state index in [0.29, 0.717) is 31.0 Å². The standard InChI is InChI=1S/C19H15F6O2P/c1-2-6-15(28-27)11-7-3-4-8-12(11)17(26)16-13(18(20,21)22)9-5-10-14(16)19(23,24)25/h3-5,7-10,15H,2,6H2,1H3. The Morgan fingerprint density at radius 2 is 1.46 bits per heavy atom. The van der Waals surface area contributed by atoms with Crippen molar-refractivity contribution in [1.29, 1.82) is 0 Å². The van der Waals surface area contributed by atoms with E-state index in [1.807, 2.05) is 0 Å². The Morgan fingerprint density at radius 3 is 1.93 bits per heavy atom. The number of halogens is 6. The maximum atomic E-state index is 13.4. The van der Waals surface area contributed by atoms with Gasteiger partial charge >= 0.3 is 12.4 Å². The third kappa shape index (κ3) is 4.61. The van der Waals surface area contributed by atoms with Crippen LogP contribution in [0.2, 0.25) is 0 Å². The van der Waals surface area contributed by atoms with E-state index in [2.05, 4.69) is 0 Å². The second-order valence-electron chi connectivity index (χ2n) is 6.05. The van der Waals surface area contributed by atoms with Crippen molar-refractivity contribution < 1.29 is 35.7 Å². The first-order valence-electron chi connectivity index (χ1n) is 8.25. The van der Waals surface area contributed by atoms with E-state index in [1.54, 1.807) is 6.92 Å². The SMILES string of the molecule is CCCC(P=O)c1ccccc1C(=O)c1c(C(F)(F)F)cccc1C(F)(F)F. The molecule has 2 aromatic carbocycles. The molecule has 150 valence electrons. The van der Waals surface area contributed by atoms with Crippen molar-refractivity contribution in [2.24, 2.45) is 0 Å². The first-order valence-corrected chi connectivity index (χ1v) is 9.14. The van der Waals surface area contributed by atoms with Crippen LogP contribution in [0.25, 0.3) is 0 Å². The Morgan fingerprint density at radius 1 is 0.929 bits per heavy atom. The minimum Gasteiger partial charge on any atom is -0.289 e. The lowest BCUT2D eigenvalue weighted by Crippen LogP contribution is -2.21. The van der Waals surface area contributed by atoms with E-state index in [1.165, 1.54) is 18.2 Å². The maximum absolute atomic E-state index is 13.4. The second-order valence-corrected chi connectivity index (χ2v) is 6.88. The van der Waals surface area contributed by atoms with E-state index < -0.39 is 40.5 Å². The predicted octanol–water partition coefficient (Wildman–Crippen LogP) is 7.09. The van der Waals surface area contributed by atoms with Crippen LogP contribution in [0, 0.1) is 0 Å². The topological polar surface area (TPSA) is 34.1 Å². The molecular weight excluding hydrogens is 405 g/mol. The summed E-state index contributed by atoms with van der Waals surface area (Å²) in [6, 6.07) is 6.87. The molecular formula is C19H15F6O2P. The van der Waals surface area contributed by atoms with Gasteiger partial charge in [-0.15, -0.1) is 0 Å². The van der Waals surface area contributed by atoms with E-state index in [9.17, 15) is 35.7 Å². The fourth-order valence-electron chi connectivity index (χ4n) is 2.94. The first kappa shape index (κ1) is 22.1. The van der Waals surface area contributed by atoms with Gasteiger partial charge in [0.05, 0.1) is 16.8 Å². The largest absolute Gasteiger partial charge is 0.417 e. The number of alkyl halides is 6. The number of benzene rings is 2. The summed E-state index contributed by atoms with van der Waals surface area (Å²) in [4.78, 5) is 12.9. The number of carbonyl (C=O) groups excluding carboxylic acids is 1. The van der Waals surface area contributed by atoms with E-state index in [-0.39, 0.29) is 19.6 Å². The zero-order valence-corrected chi connectivity index (χ0v) is 15.5. The summed E-state index contributed by atoms with van der Waals surface area (Å²) < 4.78 is 91.7. The number of hydrogen-bond acceptors (Lipinski definition) is 2. The van der Waals surface area contributed by atoms with Gasteiger partial charge in [0.25, 0.3) is 0 Å². The minimum absolute atomic E-state index is 0.149. The van der Waals surface area contributed by atoms with Crippen LogP contribution in [0.5, 0.6) is 0 Å². The second kappa shape index (κ2) is 8.43. The van der Waals surface area contributed by atoms with Gasteiger partial charge in [-0.1, -0.05) is 43.7 Å². The fraction of sp³-hybridized carbons (Fsp3) is 0.316. The summed E-state index contributed by atoms with van der Waals surface area (Å²) in [5, 5.41) is 0. The highest BCUT2D eigenvalue weighted by Crippen LogP contribution is 2.42. The molecule has 0 aliphatic carbocycles. The van der Waals surface area contributed by atoms with Crippen molar-refractivity contribution in [1.82, 2.24) is 0 Å². The zero-order valence-electron chi connectivity index (χ0n) is 14.6. The Balaban J connectivity index is 2.77. The molecule has 0 aliphatic rings. The van der Waals surface area contributed by atoms with Gasteiger partial charge in [-0.25, -0.2) is 0 Å². The quantitative estimate of drug-likeness (QED) is 0.284. The third-order valence-corrected chi connectivity index (χ3v) is 4.95. The first-order chi connectivity index (χ1) is 13.0. The summed E-state index contributed by atoms with van der Waals surface area (Å²) in [7, 11) is -0.373. The summed E-state index contributed by atoms with van der Waals surface area (Å²) in [6.07, 6.45) is -9.39. The highest BCUT2D eigenvalue weighted by atomic mass is 31.1. The molecule has 0 heterocycles. The molecule has 1 atom stereocenters. The van der Waals surface area contributed by atoms with Crippen molar-refractivity contribution in [3.05, 3.63) is 70.3 Å². The van der Waals surface area contributed by atoms with Gasteiger partial charge in [0.2, 0.25) is 0 Å². The molecule has 0 saturated heterocycles. The molecule has 0 aromatic heterocycles. The van der Waals surface area contributed by atoms with Crippen molar-refractivity contribution in [3.63, 3.8) is 0 Å². The Bertz CT molecular complexity index is 841. The van der Waals surface area contributed by atoms with Gasteiger partial charge in [-0.05, 0) is 24.1 Å². The van der Waals surface area contributed by atoms with E-state index in [4.69, 9.17) is 0 Å². The number of hydrogen-bond donors (Lipinski definition) is 0. The maximum Gasteiger partial charge on any atom is 0.417 e. The number of rotatable bonds is 6. The molecule has 0 aliphatic heterocycles. The fourth-order valence-corrected chi connectivity index (χ4v) is 3.64. The van der Waals surface area contributed by atoms with Gasteiger partial charge in [-0.2, -0.15) is 26.3 Å². The van der Waals surface area contributed by atoms with Crippen molar-refractivity contribution in [2.75, 3.05) is 0 Å². The summed E-state index contributed by atoms with van der Waals surface area (Å²) in [5.41, 5.74) is -5.66. The van der Waals surface area contributed by atoms with Crippen molar-refractivity contribution in [2.45, 2.75) is 37.8 Å². The molecule has 9 heteroatoms. The predicted molar refractivity (Wildman–Crippen MR) is 91.6 cm³/mol. The zero-order chi connectivity index (χ0) is 21.1. The van der Waals surface area contributed by atoms with Crippen LogP contribution in [-0.4, -0.2) is 5.78 Å². The molecule has 0 amide bonds. The van der Waals surface area contributed by atoms with Gasteiger partial charge in [0.15, 0.2) is 14.2 Å². The van der Waals surface area contributed by atoms with Crippen LogP contribution in [0.4, 0.5) is 26.3 Å². The highest BCUT2D eigenvalue weighted by molar-refractivity contribution is 7.24. The van der Waals surface area contributed by atoms with Crippen LogP contribution in [0.3, 0.4) is 0 Å². The molecule has 0 saturated carbocycles. The van der Waals surface area contributed by atoms with E-state index in [0.717, 1.165) is 6.07 Å². The lowest BCUT2D eigenvalue weighted by atomic mass is 9.89. The number of carbonyl (C=O) groups is 1. The average molecular weight is 420 g/mol. The minimum atomic E-state index is -5.15. The van der Waals surface area contributed by atoms with Gasteiger partial charge in [-0.3, -0.25) is 9.36 Å². The van der Waals surface area contributed by atoms with Crippen molar-refractivity contribution >= 4 is 14.2 Å². The average Bonchev–Trinajstić information content (AvgIpc) is 2.63. The van der Waals surface area contributed by atoms with Gasteiger partial charge < -0.3 is 0 Å². The lowest BCUT2D eigenvalue weighted by molar-refractivity contribution is -0.143. The monoisotopic (exact) mass is 420 g/mol. The van der Waals surface area contributed by atoms with E-state index >= 15 is 0 Å². The van der Waals surface area contributed by atoms with Crippen LogP contribution in [-0.2, 0) is 16.9 Å². The van der Waals surface area contributed by atoms with Crippen molar-refractivity contribution in [3.8, 4) is 0 Å². The van der Waals surface area contributed by atoms with Gasteiger partial charge in [0, 0.05) is 11.1 Å². The molecule has 0 N–H and O–H groups in total. The molecule has 0 bridgehead atoms. The molecule has 1 unspecified atom stereocenters. The molecule has 2 rings (SSSR count). The molecule has 0 spiro atoms. The Hall–Kier alpha value is -2.21. The Labute approximate surface area is 158 Å². The van der Waals surface area contributed by atoms with Gasteiger partial charge in [0.1, 0.15) is 0 Å². The molecule has 2 aromatic rings. The van der Waals surface area contributed by atoms with Crippen LogP contribution in [0.15, 0.2) is 42.5 Å². The summed E-state index contributed by atoms with van der Waals surface area (Å²) >= 11 is 0.